The summed E-state index contributed by atoms with van der Waals surface area (Å²) >= 11 is 0. The first-order valence-electron chi connectivity index (χ1n) is 6.66. The topological polar surface area (TPSA) is 50.7 Å². The van der Waals surface area contributed by atoms with Crippen LogP contribution < -0.4 is 5.69 Å². The summed E-state index contributed by atoms with van der Waals surface area (Å²) in [5.41, 5.74) is -0.0536. The third kappa shape index (κ3) is 2.88. The van der Waals surface area contributed by atoms with Gasteiger partial charge in [-0.2, -0.15) is 18.3 Å². The molecule has 4 nitrogen and oxygen atoms in total. The molecule has 3 aromatic rings. The number of aryl methyl sites for hydroxylation is 1. The molecule has 0 fully saturated rings. The lowest BCUT2D eigenvalue weighted by molar-refractivity contribution is -0.134. The first kappa shape index (κ1) is 14.4. The standard InChI is InChI=1S/C15H12F3N3O/c16-15(17,18)8-7-13-19-20-14(22)21(13)12-6-5-10-3-1-2-4-11(10)9-12/h1-6,9H,7-8H2,(H,20,22). The van der Waals surface area contributed by atoms with Crippen LogP contribution in [0.4, 0.5) is 13.2 Å². The highest BCUT2D eigenvalue weighted by atomic mass is 19.4. The molecule has 0 bridgehead atoms. The highest BCUT2D eigenvalue weighted by Gasteiger charge is 2.28. The van der Waals surface area contributed by atoms with Crippen molar-refractivity contribution in [3.8, 4) is 5.69 Å². The molecule has 2 aromatic carbocycles. The summed E-state index contributed by atoms with van der Waals surface area (Å²) in [5.74, 6) is 0.0672. The zero-order chi connectivity index (χ0) is 15.7. The zero-order valence-corrected chi connectivity index (χ0v) is 11.4. The van der Waals surface area contributed by atoms with Gasteiger partial charge in [-0.3, -0.25) is 0 Å². The van der Waals surface area contributed by atoms with Gasteiger partial charge in [-0.1, -0.05) is 30.3 Å². The molecule has 0 aliphatic carbocycles. The summed E-state index contributed by atoms with van der Waals surface area (Å²) in [5, 5.41) is 7.79. The maximum absolute atomic E-state index is 12.4. The van der Waals surface area contributed by atoms with Gasteiger partial charge in [0.1, 0.15) is 5.82 Å². The van der Waals surface area contributed by atoms with E-state index >= 15 is 0 Å². The monoisotopic (exact) mass is 307 g/mol. The Kier molecular flexibility index (Phi) is 3.48. The van der Waals surface area contributed by atoms with Crippen molar-refractivity contribution in [3.05, 3.63) is 58.8 Å². The van der Waals surface area contributed by atoms with Crippen LogP contribution in [0.15, 0.2) is 47.3 Å². The highest BCUT2D eigenvalue weighted by molar-refractivity contribution is 5.84. The lowest BCUT2D eigenvalue weighted by Gasteiger charge is -2.08. The molecule has 0 amide bonds. The van der Waals surface area contributed by atoms with E-state index in [4.69, 9.17) is 0 Å². The molecule has 0 aliphatic heterocycles. The van der Waals surface area contributed by atoms with Crippen molar-refractivity contribution in [1.29, 1.82) is 0 Å². The van der Waals surface area contributed by atoms with Crippen LogP contribution in [0.25, 0.3) is 16.5 Å². The summed E-state index contributed by atoms with van der Waals surface area (Å²) in [7, 11) is 0. The van der Waals surface area contributed by atoms with Gasteiger partial charge in [-0.05, 0) is 22.9 Å². The molecule has 0 radical (unpaired) electrons. The van der Waals surface area contributed by atoms with Crippen LogP contribution in [0.3, 0.4) is 0 Å². The van der Waals surface area contributed by atoms with Gasteiger partial charge in [0.2, 0.25) is 0 Å². The molecule has 0 atom stereocenters. The van der Waals surface area contributed by atoms with E-state index in [1.807, 2.05) is 30.3 Å². The lowest BCUT2D eigenvalue weighted by Crippen LogP contribution is -2.18. The van der Waals surface area contributed by atoms with E-state index in [1.165, 1.54) is 4.57 Å². The van der Waals surface area contributed by atoms with E-state index < -0.39 is 18.3 Å². The molecule has 1 aromatic heterocycles. The molecule has 1 N–H and O–H groups in total. The fraction of sp³-hybridized carbons (Fsp3) is 0.200. The SMILES string of the molecule is O=c1[nH]nc(CCC(F)(F)F)n1-c1ccc2ccccc2c1. The average Bonchev–Trinajstić information content (AvgIpc) is 2.85. The number of aromatic amines is 1. The molecular weight excluding hydrogens is 295 g/mol. The molecule has 0 saturated carbocycles. The van der Waals surface area contributed by atoms with Crippen LogP contribution in [0.2, 0.25) is 0 Å². The average molecular weight is 307 g/mol. The van der Waals surface area contributed by atoms with Gasteiger partial charge in [0, 0.05) is 6.42 Å². The van der Waals surface area contributed by atoms with Gasteiger partial charge in [0.05, 0.1) is 12.1 Å². The molecule has 3 rings (SSSR count). The third-order valence-corrected chi connectivity index (χ3v) is 3.37. The molecule has 1 heterocycles. The van der Waals surface area contributed by atoms with Gasteiger partial charge < -0.3 is 0 Å². The number of hydrogen-bond acceptors (Lipinski definition) is 2. The maximum Gasteiger partial charge on any atom is 0.389 e. The molecule has 0 unspecified atom stereocenters. The largest absolute Gasteiger partial charge is 0.389 e. The Morgan fingerprint density at radius 3 is 2.55 bits per heavy atom. The predicted molar refractivity (Wildman–Crippen MR) is 76.1 cm³/mol. The van der Waals surface area contributed by atoms with Crippen LogP contribution in [-0.4, -0.2) is 20.9 Å². The molecule has 0 spiro atoms. The molecule has 7 heteroatoms. The first-order chi connectivity index (χ1) is 10.4. The van der Waals surface area contributed by atoms with Crippen molar-refractivity contribution in [2.45, 2.75) is 19.0 Å². The van der Waals surface area contributed by atoms with Gasteiger partial charge in [-0.15, -0.1) is 0 Å². The van der Waals surface area contributed by atoms with Crippen LogP contribution in [0, 0.1) is 0 Å². The Morgan fingerprint density at radius 1 is 1.09 bits per heavy atom. The zero-order valence-electron chi connectivity index (χ0n) is 11.4. The quantitative estimate of drug-likeness (QED) is 0.808. The summed E-state index contributed by atoms with van der Waals surface area (Å²) in [6.07, 6.45) is -5.66. The minimum Gasteiger partial charge on any atom is -0.247 e. The minimum absolute atomic E-state index is 0.0672. The first-order valence-corrected chi connectivity index (χ1v) is 6.66. The number of alkyl halides is 3. The number of H-pyrrole nitrogens is 1. The van der Waals surface area contributed by atoms with Gasteiger partial charge in [-0.25, -0.2) is 14.5 Å². The van der Waals surface area contributed by atoms with Gasteiger partial charge in [0.25, 0.3) is 0 Å². The van der Waals surface area contributed by atoms with Crippen LogP contribution in [0.5, 0.6) is 0 Å². The Bertz CT molecular complexity index is 864. The summed E-state index contributed by atoms with van der Waals surface area (Å²) in [6.45, 7) is 0. The van der Waals surface area contributed by atoms with Crippen molar-refractivity contribution in [2.75, 3.05) is 0 Å². The molecule has 0 aliphatic rings. The second-order valence-corrected chi connectivity index (χ2v) is 4.93. The second kappa shape index (κ2) is 5.32. The minimum atomic E-state index is -4.29. The predicted octanol–water partition coefficient (Wildman–Crippen LogP) is 3.21. The second-order valence-electron chi connectivity index (χ2n) is 4.93. The van der Waals surface area contributed by atoms with Crippen LogP contribution in [0.1, 0.15) is 12.2 Å². The van der Waals surface area contributed by atoms with Crippen molar-refractivity contribution in [2.24, 2.45) is 0 Å². The Balaban J connectivity index is 2.02. The van der Waals surface area contributed by atoms with Crippen LogP contribution in [-0.2, 0) is 6.42 Å². The third-order valence-electron chi connectivity index (χ3n) is 3.37. The summed E-state index contributed by atoms with van der Waals surface area (Å²) in [6, 6.07) is 12.8. The highest BCUT2D eigenvalue weighted by Crippen LogP contribution is 2.23. The Labute approximate surface area is 123 Å². The van der Waals surface area contributed by atoms with E-state index in [0.29, 0.717) is 5.69 Å². The number of benzene rings is 2. The molecule has 114 valence electrons. The van der Waals surface area contributed by atoms with Crippen molar-refractivity contribution >= 4 is 10.8 Å². The maximum atomic E-state index is 12.4. The van der Waals surface area contributed by atoms with Crippen molar-refractivity contribution in [1.82, 2.24) is 14.8 Å². The van der Waals surface area contributed by atoms with Gasteiger partial charge in [0.15, 0.2) is 0 Å². The molecular formula is C15H12F3N3O. The lowest BCUT2D eigenvalue weighted by atomic mass is 10.1. The smallest absolute Gasteiger partial charge is 0.247 e. The normalized spacial score (nSPS) is 12.0. The molecule has 22 heavy (non-hydrogen) atoms. The Morgan fingerprint density at radius 2 is 1.82 bits per heavy atom. The van der Waals surface area contributed by atoms with Crippen LogP contribution >= 0.6 is 0 Å². The van der Waals surface area contributed by atoms with Gasteiger partial charge >= 0.3 is 11.9 Å². The number of halogens is 3. The number of nitrogens with zero attached hydrogens (tertiary/aromatic N) is 2. The Hall–Kier alpha value is -2.57. The summed E-state index contributed by atoms with van der Waals surface area (Å²) < 4.78 is 38.3. The van der Waals surface area contributed by atoms with Crippen molar-refractivity contribution in [3.63, 3.8) is 0 Å². The number of fused-ring (bicyclic) bond motifs is 1. The van der Waals surface area contributed by atoms with E-state index in [1.54, 1.807) is 12.1 Å². The number of hydrogen-bond donors (Lipinski definition) is 1. The number of rotatable bonds is 3. The fourth-order valence-corrected chi connectivity index (χ4v) is 2.33. The molecule has 0 saturated heterocycles. The summed E-state index contributed by atoms with van der Waals surface area (Å²) in [4.78, 5) is 11.9. The van der Waals surface area contributed by atoms with Crippen molar-refractivity contribution < 1.29 is 13.2 Å². The number of aromatic nitrogens is 3. The fourth-order valence-electron chi connectivity index (χ4n) is 2.33. The number of nitrogens with one attached hydrogen (secondary N) is 1. The van der Waals surface area contributed by atoms with E-state index in [-0.39, 0.29) is 12.2 Å². The van der Waals surface area contributed by atoms with E-state index in [2.05, 4.69) is 10.2 Å². The van der Waals surface area contributed by atoms with E-state index in [9.17, 15) is 18.0 Å². The van der Waals surface area contributed by atoms with E-state index in [0.717, 1.165) is 10.8 Å².